The van der Waals surface area contributed by atoms with Crippen LogP contribution in [0.15, 0.2) is 0 Å². The van der Waals surface area contributed by atoms with Gasteiger partial charge in [-0.1, -0.05) is 0 Å². The van der Waals surface area contributed by atoms with Crippen molar-refractivity contribution in [3.63, 3.8) is 0 Å². The number of hydrogen-bond donors (Lipinski definition) is 3. The SMILES string of the molecule is CC1CCC(CNC(=O)NC2(C(=O)O)CCOCC2)O1. The molecule has 0 spiro atoms. The molecule has 2 aliphatic rings. The van der Waals surface area contributed by atoms with Crippen LogP contribution in [0.3, 0.4) is 0 Å². The van der Waals surface area contributed by atoms with Crippen molar-refractivity contribution in [3.8, 4) is 0 Å². The number of carbonyl (C=O) groups is 2. The lowest BCUT2D eigenvalue weighted by molar-refractivity contribution is -0.148. The van der Waals surface area contributed by atoms with Crippen LogP contribution >= 0.6 is 0 Å². The highest BCUT2D eigenvalue weighted by molar-refractivity contribution is 5.86. The average Bonchev–Trinajstić information content (AvgIpc) is 2.83. The van der Waals surface area contributed by atoms with Gasteiger partial charge in [-0.15, -0.1) is 0 Å². The summed E-state index contributed by atoms with van der Waals surface area (Å²) >= 11 is 0. The minimum atomic E-state index is -1.22. The lowest BCUT2D eigenvalue weighted by atomic mass is 9.90. The molecule has 20 heavy (non-hydrogen) atoms. The first-order chi connectivity index (χ1) is 9.52. The van der Waals surface area contributed by atoms with Crippen LogP contribution in [0.2, 0.25) is 0 Å². The molecule has 2 saturated heterocycles. The molecule has 2 atom stereocenters. The van der Waals surface area contributed by atoms with Crippen molar-refractivity contribution < 1.29 is 24.2 Å². The van der Waals surface area contributed by atoms with Crippen molar-refractivity contribution in [3.05, 3.63) is 0 Å². The maximum absolute atomic E-state index is 11.9. The van der Waals surface area contributed by atoms with E-state index in [0.29, 0.717) is 19.8 Å². The Hall–Kier alpha value is -1.34. The Morgan fingerprint density at radius 1 is 1.30 bits per heavy atom. The molecular weight excluding hydrogens is 264 g/mol. The fourth-order valence-corrected chi connectivity index (χ4v) is 2.62. The molecule has 2 aliphatic heterocycles. The van der Waals surface area contributed by atoms with Crippen molar-refractivity contribution in [2.45, 2.75) is 50.4 Å². The number of hydrogen-bond acceptors (Lipinski definition) is 4. The molecule has 0 bridgehead atoms. The zero-order valence-electron chi connectivity index (χ0n) is 11.7. The quantitative estimate of drug-likeness (QED) is 0.698. The van der Waals surface area contributed by atoms with Gasteiger partial charge in [-0.2, -0.15) is 0 Å². The van der Waals surface area contributed by atoms with Crippen molar-refractivity contribution in [2.75, 3.05) is 19.8 Å². The first-order valence-corrected chi connectivity index (χ1v) is 7.04. The topological polar surface area (TPSA) is 96.9 Å². The number of carboxylic acids is 1. The maximum atomic E-state index is 11.9. The summed E-state index contributed by atoms with van der Waals surface area (Å²) in [4.78, 5) is 23.3. The molecule has 0 aliphatic carbocycles. The third-order valence-corrected chi connectivity index (χ3v) is 3.92. The third kappa shape index (κ3) is 3.61. The Bertz CT molecular complexity index is 368. The lowest BCUT2D eigenvalue weighted by Gasteiger charge is -2.33. The van der Waals surface area contributed by atoms with E-state index in [1.807, 2.05) is 6.92 Å². The molecule has 0 radical (unpaired) electrons. The highest BCUT2D eigenvalue weighted by Gasteiger charge is 2.41. The van der Waals surface area contributed by atoms with Gasteiger partial charge >= 0.3 is 12.0 Å². The summed E-state index contributed by atoms with van der Waals surface area (Å²) in [5.74, 6) is -1.01. The number of rotatable bonds is 4. The molecule has 7 heteroatoms. The smallest absolute Gasteiger partial charge is 0.329 e. The van der Waals surface area contributed by atoms with E-state index in [1.54, 1.807) is 0 Å². The van der Waals surface area contributed by atoms with Crippen molar-refractivity contribution in [2.24, 2.45) is 0 Å². The Balaban J connectivity index is 1.81. The second kappa shape index (κ2) is 6.41. The van der Waals surface area contributed by atoms with Gasteiger partial charge in [-0.3, -0.25) is 0 Å². The highest BCUT2D eigenvalue weighted by atomic mass is 16.5. The number of amides is 2. The molecule has 2 amide bonds. The number of urea groups is 1. The number of carboxylic acid groups (broad SMARTS) is 1. The van der Waals surface area contributed by atoms with Gasteiger partial charge in [0, 0.05) is 32.6 Å². The second-order valence-corrected chi connectivity index (χ2v) is 5.48. The fourth-order valence-electron chi connectivity index (χ4n) is 2.62. The van der Waals surface area contributed by atoms with Crippen LogP contribution in [0.5, 0.6) is 0 Å². The fraction of sp³-hybridized carbons (Fsp3) is 0.846. The van der Waals surface area contributed by atoms with Gasteiger partial charge in [0.05, 0.1) is 12.2 Å². The van der Waals surface area contributed by atoms with Gasteiger partial charge in [0.25, 0.3) is 0 Å². The molecular formula is C13H22N2O5. The summed E-state index contributed by atoms with van der Waals surface area (Å²) in [6.07, 6.45) is 2.72. The summed E-state index contributed by atoms with van der Waals surface area (Å²) in [6, 6.07) is -0.461. The van der Waals surface area contributed by atoms with E-state index in [1.165, 1.54) is 0 Å². The van der Waals surface area contributed by atoms with E-state index in [-0.39, 0.29) is 25.0 Å². The Morgan fingerprint density at radius 3 is 2.55 bits per heavy atom. The van der Waals surface area contributed by atoms with Gasteiger partial charge < -0.3 is 25.2 Å². The Kier molecular flexibility index (Phi) is 4.82. The molecule has 0 aromatic heterocycles. The minimum absolute atomic E-state index is 0.0196. The summed E-state index contributed by atoms with van der Waals surface area (Å²) in [5, 5.41) is 14.6. The van der Waals surface area contributed by atoms with Crippen LogP contribution < -0.4 is 10.6 Å². The van der Waals surface area contributed by atoms with Gasteiger partial charge in [0.15, 0.2) is 0 Å². The third-order valence-electron chi connectivity index (χ3n) is 3.92. The molecule has 3 N–H and O–H groups in total. The van der Waals surface area contributed by atoms with Gasteiger partial charge in [-0.05, 0) is 19.8 Å². The monoisotopic (exact) mass is 286 g/mol. The highest BCUT2D eigenvalue weighted by Crippen LogP contribution is 2.21. The molecule has 2 rings (SSSR count). The van der Waals surface area contributed by atoms with Crippen molar-refractivity contribution in [1.82, 2.24) is 10.6 Å². The van der Waals surface area contributed by atoms with Crippen LogP contribution in [-0.4, -0.2) is 54.6 Å². The number of carbonyl (C=O) groups excluding carboxylic acids is 1. The maximum Gasteiger partial charge on any atom is 0.329 e. The zero-order valence-corrected chi connectivity index (χ0v) is 11.7. The average molecular weight is 286 g/mol. The predicted octanol–water partition coefficient (Wildman–Crippen LogP) is 0.487. The number of nitrogens with one attached hydrogen (secondary N) is 2. The van der Waals surface area contributed by atoms with Crippen LogP contribution in [-0.2, 0) is 14.3 Å². The summed E-state index contributed by atoms with van der Waals surface area (Å²) in [6.45, 7) is 3.09. The van der Waals surface area contributed by atoms with E-state index in [0.717, 1.165) is 12.8 Å². The van der Waals surface area contributed by atoms with Gasteiger partial charge in [0.2, 0.25) is 0 Å². The first kappa shape index (κ1) is 15.1. The van der Waals surface area contributed by atoms with Crippen molar-refractivity contribution >= 4 is 12.0 Å². The minimum Gasteiger partial charge on any atom is -0.480 e. The van der Waals surface area contributed by atoms with Gasteiger partial charge in [-0.25, -0.2) is 9.59 Å². The molecule has 0 saturated carbocycles. The van der Waals surface area contributed by atoms with E-state index in [4.69, 9.17) is 9.47 Å². The molecule has 2 fully saturated rings. The number of aliphatic carboxylic acids is 1. The predicted molar refractivity (Wildman–Crippen MR) is 70.5 cm³/mol. The van der Waals surface area contributed by atoms with Crippen LogP contribution in [0.4, 0.5) is 4.79 Å². The normalized spacial score (nSPS) is 28.9. The molecule has 0 aromatic carbocycles. The molecule has 2 heterocycles. The number of ether oxygens (including phenoxy) is 2. The second-order valence-electron chi connectivity index (χ2n) is 5.48. The summed E-state index contributed by atoms with van der Waals surface area (Å²) < 4.78 is 10.7. The molecule has 7 nitrogen and oxygen atoms in total. The van der Waals surface area contributed by atoms with E-state index in [2.05, 4.69) is 10.6 Å². The first-order valence-electron chi connectivity index (χ1n) is 7.04. The van der Waals surface area contributed by atoms with E-state index < -0.39 is 17.5 Å². The zero-order chi connectivity index (χ0) is 14.6. The van der Waals surface area contributed by atoms with Crippen LogP contribution in [0.25, 0.3) is 0 Å². The lowest BCUT2D eigenvalue weighted by Crippen LogP contribution is -2.60. The molecule has 2 unspecified atom stereocenters. The van der Waals surface area contributed by atoms with E-state index >= 15 is 0 Å². The van der Waals surface area contributed by atoms with Crippen molar-refractivity contribution in [1.29, 1.82) is 0 Å². The van der Waals surface area contributed by atoms with Gasteiger partial charge in [0.1, 0.15) is 5.54 Å². The molecule has 0 aromatic rings. The largest absolute Gasteiger partial charge is 0.480 e. The summed E-state index contributed by atoms with van der Waals surface area (Å²) in [5.41, 5.74) is -1.22. The molecule has 114 valence electrons. The summed E-state index contributed by atoms with van der Waals surface area (Å²) in [7, 11) is 0. The van der Waals surface area contributed by atoms with Crippen LogP contribution in [0, 0.1) is 0 Å². The van der Waals surface area contributed by atoms with Crippen LogP contribution in [0.1, 0.15) is 32.6 Å². The standard InChI is InChI=1S/C13H22N2O5/c1-9-2-3-10(20-9)8-14-12(18)15-13(11(16)17)4-6-19-7-5-13/h9-10H,2-8H2,1H3,(H,16,17)(H2,14,15,18). The Morgan fingerprint density at radius 2 is 2.00 bits per heavy atom. The Labute approximate surface area is 118 Å². The van der Waals surface area contributed by atoms with E-state index in [9.17, 15) is 14.7 Å².